The third-order valence-electron chi connectivity index (χ3n) is 3.54. The van der Waals surface area contributed by atoms with Crippen molar-refractivity contribution in [2.24, 2.45) is 0 Å². The average Bonchev–Trinajstić information content (AvgIpc) is 2.62. The topological polar surface area (TPSA) is 67.4 Å². The molecule has 0 saturated heterocycles. The van der Waals surface area contributed by atoms with E-state index < -0.39 is 10.0 Å². The van der Waals surface area contributed by atoms with Gasteiger partial charge in [-0.15, -0.1) is 0 Å². The van der Waals surface area contributed by atoms with Crippen LogP contribution in [0.15, 0.2) is 0 Å². The van der Waals surface area contributed by atoms with Crippen LogP contribution in [0.3, 0.4) is 0 Å². The highest BCUT2D eigenvalue weighted by atomic mass is 32.2. The molecule has 1 fully saturated rings. The Kier molecular flexibility index (Phi) is 8.68. The van der Waals surface area contributed by atoms with Crippen LogP contribution in [0, 0.1) is 0 Å². The van der Waals surface area contributed by atoms with Gasteiger partial charge in [0.15, 0.2) is 0 Å². The van der Waals surface area contributed by atoms with Crippen LogP contribution >= 0.6 is 0 Å². The highest BCUT2D eigenvalue weighted by Crippen LogP contribution is 2.16. The van der Waals surface area contributed by atoms with Gasteiger partial charge in [-0.3, -0.25) is 0 Å². The Bertz CT molecular complexity index is 336. The van der Waals surface area contributed by atoms with Gasteiger partial charge in [0.1, 0.15) is 0 Å². The molecule has 0 aliphatic heterocycles. The lowest BCUT2D eigenvalue weighted by molar-refractivity contribution is 0.0911. The van der Waals surface area contributed by atoms with E-state index >= 15 is 0 Å². The van der Waals surface area contributed by atoms with Crippen LogP contribution in [-0.2, 0) is 14.8 Å². The first kappa shape index (κ1) is 17.9. The molecule has 0 aromatic carbocycles. The van der Waals surface area contributed by atoms with E-state index in [9.17, 15) is 8.42 Å². The summed E-state index contributed by atoms with van der Waals surface area (Å²) in [5, 5.41) is 3.45. The van der Waals surface area contributed by atoms with Crippen LogP contribution in [0.5, 0.6) is 0 Å². The summed E-state index contributed by atoms with van der Waals surface area (Å²) < 4.78 is 31.3. The Morgan fingerprint density at radius 2 is 1.75 bits per heavy atom. The summed E-state index contributed by atoms with van der Waals surface area (Å²) in [6.07, 6.45) is 7.75. The molecule has 1 aliphatic rings. The summed E-state index contributed by atoms with van der Waals surface area (Å²) in [4.78, 5) is 0. The molecule has 20 heavy (non-hydrogen) atoms. The minimum Gasteiger partial charge on any atom is -0.378 e. The number of hydrogen-bond donors (Lipinski definition) is 2. The maximum absolute atomic E-state index is 11.7. The molecule has 0 unspecified atom stereocenters. The molecule has 0 aromatic heterocycles. The van der Waals surface area contributed by atoms with Crippen molar-refractivity contribution in [1.29, 1.82) is 0 Å². The predicted molar refractivity (Wildman–Crippen MR) is 82.4 cm³/mol. The van der Waals surface area contributed by atoms with Gasteiger partial charge in [-0.05, 0) is 26.7 Å². The molecular weight excluding hydrogens is 276 g/mol. The molecule has 0 aromatic rings. The summed E-state index contributed by atoms with van der Waals surface area (Å²) in [6, 6.07) is 0.561. The Morgan fingerprint density at radius 1 is 1.10 bits per heavy atom. The lowest BCUT2D eigenvalue weighted by Gasteiger charge is -2.16. The van der Waals surface area contributed by atoms with Gasteiger partial charge in [0.2, 0.25) is 10.0 Å². The Balaban J connectivity index is 2.09. The maximum atomic E-state index is 11.7. The van der Waals surface area contributed by atoms with E-state index in [0.717, 1.165) is 0 Å². The fourth-order valence-corrected chi connectivity index (χ4v) is 3.31. The van der Waals surface area contributed by atoms with Crippen LogP contribution in [0.2, 0.25) is 0 Å². The second-order valence-electron chi connectivity index (χ2n) is 5.78. The Morgan fingerprint density at radius 3 is 2.35 bits per heavy atom. The minimum absolute atomic E-state index is 0.0363. The Labute approximate surface area is 123 Å². The van der Waals surface area contributed by atoms with Crippen LogP contribution in [-0.4, -0.2) is 46.0 Å². The van der Waals surface area contributed by atoms with Crippen LogP contribution in [0.4, 0.5) is 0 Å². The number of ether oxygens (including phenoxy) is 1. The van der Waals surface area contributed by atoms with Crippen LogP contribution < -0.4 is 10.0 Å². The average molecular weight is 306 g/mol. The SMILES string of the molecule is CC(C)OCCS(=O)(=O)NCCNC1CCCCCC1. The van der Waals surface area contributed by atoms with E-state index in [2.05, 4.69) is 10.0 Å². The van der Waals surface area contributed by atoms with Crippen molar-refractivity contribution >= 4 is 10.0 Å². The van der Waals surface area contributed by atoms with Gasteiger partial charge in [0.25, 0.3) is 0 Å². The van der Waals surface area contributed by atoms with Gasteiger partial charge >= 0.3 is 0 Å². The number of sulfonamides is 1. The van der Waals surface area contributed by atoms with Crippen molar-refractivity contribution in [2.75, 3.05) is 25.4 Å². The van der Waals surface area contributed by atoms with Crippen molar-refractivity contribution in [3.8, 4) is 0 Å². The van der Waals surface area contributed by atoms with E-state index in [4.69, 9.17) is 4.74 Å². The normalized spacial score (nSPS) is 18.4. The third-order valence-corrected chi connectivity index (χ3v) is 4.89. The molecule has 0 bridgehead atoms. The molecule has 6 heteroatoms. The van der Waals surface area contributed by atoms with Gasteiger partial charge in [0, 0.05) is 19.1 Å². The lowest BCUT2D eigenvalue weighted by Crippen LogP contribution is -2.38. The fourth-order valence-electron chi connectivity index (χ4n) is 2.43. The van der Waals surface area contributed by atoms with E-state index in [1.54, 1.807) is 0 Å². The molecule has 0 atom stereocenters. The van der Waals surface area contributed by atoms with Crippen molar-refractivity contribution in [1.82, 2.24) is 10.0 Å². The zero-order chi connectivity index (χ0) is 14.8. The molecule has 120 valence electrons. The highest BCUT2D eigenvalue weighted by Gasteiger charge is 2.13. The fraction of sp³-hybridized carbons (Fsp3) is 1.00. The summed E-state index contributed by atoms with van der Waals surface area (Å²) >= 11 is 0. The molecule has 0 radical (unpaired) electrons. The molecule has 0 amide bonds. The first-order chi connectivity index (χ1) is 9.49. The largest absolute Gasteiger partial charge is 0.378 e. The van der Waals surface area contributed by atoms with Crippen LogP contribution in [0.1, 0.15) is 52.4 Å². The lowest BCUT2D eigenvalue weighted by atomic mass is 10.1. The molecule has 5 nitrogen and oxygen atoms in total. The molecule has 0 spiro atoms. The second-order valence-corrected chi connectivity index (χ2v) is 7.70. The van der Waals surface area contributed by atoms with E-state index in [1.165, 1.54) is 38.5 Å². The number of rotatable bonds is 9. The van der Waals surface area contributed by atoms with Crippen LogP contribution in [0.25, 0.3) is 0 Å². The summed E-state index contributed by atoms with van der Waals surface area (Å²) in [5.74, 6) is 0.0363. The standard InChI is InChI=1S/C14H30N2O3S/c1-13(2)19-11-12-20(17,18)16-10-9-15-14-7-5-3-4-6-8-14/h13-16H,3-12H2,1-2H3. The van der Waals surface area contributed by atoms with Crippen molar-refractivity contribution < 1.29 is 13.2 Å². The van der Waals surface area contributed by atoms with E-state index in [0.29, 0.717) is 19.1 Å². The minimum atomic E-state index is -3.20. The zero-order valence-electron chi connectivity index (χ0n) is 12.9. The Hall–Kier alpha value is -0.170. The van der Waals surface area contributed by atoms with Gasteiger partial charge in [-0.25, -0.2) is 13.1 Å². The van der Waals surface area contributed by atoms with Gasteiger partial charge in [-0.2, -0.15) is 0 Å². The molecule has 2 N–H and O–H groups in total. The summed E-state index contributed by atoms with van der Waals surface area (Å²) in [6.45, 7) is 5.21. The number of hydrogen-bond acceptors (Lipinski definition) is 4. The zero-order valence-corrected chi connectivity index (χ0v) is 13.7. The van der Waals surface area contributed by atoms with Gasteiger partial charge in [-0.1, -0.05) is 25.7 Å². The number of nitrogens with one attached hydrogen (secondary N) is 2. The first-order valence-electron chi connectivity index (χ1n) is 7.82. The maximum Gasteiger partial charge on any atom is 0.213 e. The predicted octanol–water partition coefficient (Wildman–Crippen LogP) is 1.64. The van der Waals surface area contributed by atoms with Gasteiger partial charge < -0.3 is 10.1 Å². The van der Waals surface area contributed by atoms with Crippen molar-refractivity contribution in [3.63, 3.8) is 0 Å². The van der Waals surface area contributed by atoms with E-state index in [-0.39, 0.29) is 18.5 Å². The third kappa shape index (κ3) is 8.89. The highest BCUT2D eigenvalue weighted by molar-refractivity contribution is 7.89. The molecule has 1 rings (SSSR count). The summed E-state index contributed by atoms with van der Waals surface area (Å²) in [7, 11) is -3.20. The quantitative estimate of drug-likeness (QED) is 0.502. The molecule has 0 heterocycles. The second kappa shape index (κ2) is 9.71. The summed E-state index contributed by atoms with van der Waals surface area (Å²) in [5.41, 5.74) is 0. The first-order valence-corrected chi connectivity index (χ1v) is 9.47. The molecule has 1 aliphatic carbocycles. The van der Waals surface area contributed by atoms with Gasteiger partial charge in [0.05, 0.1) is 18.5 Å². The van der Waals surface area contributed by atoms with Crippen molar-refractivity contribution in [3.05, 3.63) is 0 Å². The smallest absolute Gasteiger partial charge is 0.213 e. The molecule has 1 saturated carbocycles. The monoisotopic (exact) mass is 306 g/mol. The van der Waals surface area contributed by atoms with Crippen molar-refractivity contribution in [2.45, 2.75) is 64.5 Å². The molecular formula is C14H30N2O3S. The van der Waals surface area contributed by atoms with E-state index in [1.807, 2.05) is 13.8 Å².